The number of nitrogens with one attached hydrogen (secondary N) is 1. The minimum absolute atomic E-state index is 0.253. The zero-order chi connectivity index (χ0) is 17.4. The van der Waals surface area contributed by atoms with Gasteiger partial charge in [0.1, 0.15) is 0 Å². The highest BCUT2D eigenvalue weighted by Crippen LogP contribution is 2.37. The zero-order valence-electron chi connectivity index (χ0n) is 14.6. The third-order valence-corrected chi connectivity index (χ3v) is 5.21. The Morgan fingerprint density at radius 1 is 0.840 bits per heavy atom. The van der Waals surface area contributed by atoms with E-state index in [0.29, 0.717) is 5.71 Å². The van der Waals surface area contributed by atoms with E-state index in [-0.39, 0.29) is 5.92 Å². The molecule has 3 aromatic rings. The molecule has 1 nitrogen and oxygen atoms in total. The summed E-state index contributed by atoms with van der Waals surface area (Å²) in [6, 6.07) is 22.9. The molecule has 0 bridgehead atoms. The first-order valence-corrected chi connectivity index (χ1v) is 8.68. The fraction of sp³-hybridized carbons (Fsp3) is 0.125. The summed E-state index contributed by atoms with van der Waals surface area (Å²) in [6.45, 7) is 4.36. The summed E-state index contributed by atoms with van der Waals surface area (Å²) < 4.78 is 0. The first-order valence-electron chi connectivity index (χ1n) is 8.68. The van der Waals surface area contributed by atoms with Gasteiger partial charge in [0.25, 0.3) is 0 Å². The average Bonchev–Trinajstić information content (AvgIpc) is 2.99. The van der Waals surface area contributed by atoms with Gasteiger partial charge in [0.2, 0.25) is 0 Å². The van der Waals surface area contributed by atoms with E-state index >= 15 is 0 Å². The van der Waals surface area contributed by atoms with Gasteiger partial charge in [-0.1, -0.05) is 77.9 Å². The molecule has 1 unspecified atom stereocenters. The van der Waals surface area contributed by atoms with E-state index in [1.807, 2.05) is 30.3 Å². The van der Waals surface area contributed by atoms with Crippen LogP contribution in [0.15, 0.2) is 90.0 Å². The van der Waals surface area contributed by atoms with Gasteiger partial charge < -0.3 is 0 Å². The molecule has 1 N–H and O–H groups in total. The normalized spacial score (nSPS) is 16.6. The summed E-state index contributed by atoms with van der Waals surface area (Å²) >= 11 is 0. The molecule has 25 heavy (non-hydrogen) atoms. The first kappa shape index (κ1) is 15.6. The fourth-order valence-electron chi connectivity index (χ4n) is 3.59. The van der Waals surface area contributed by atoms with Crippen molar-refractivity contribution in [3.05, 3.63) is 107 Å². The van der Waals surface area contributed by atoms with Gasteiger partial charge >= 0.3 is 0 Å². The smallest absolute Gasteiger partial charge is 0.0687 e. The summed E-state index contributed by atoms with van der Waals surface area (Å²) in [5.41, 5.74) is 6.49. The Kier molecular flexibility index (Phi) is 3.85. The van der Waals surface area contributed by atoms with Crippen LogP contribution in [0.2, 0.25) is 0 Å². The number of hydrogen-bond donors (Lipinski definition) is 1. The van der Waals surface area contributed by atoms with Gasteiger partial charge in [0, 0.05) is 17.0 Å². The highest BCUT2D eigenvalue weighted by Gasteiger charge is 2.22. The summed E-state index contributed by atoms with van der Waals surface area (Å²) in [5.74, 6) is 0.253. The van der Waals surface area contributed by atoms with Crippen molar-refractivity contribution in [1.29, 1.82) is 5.41 Å². The standard InChI is InChI=1S/C24H21N/c1-16-12-13-21(17(16)2)22-14-19-10-6-7-11-20(19)15-23(22)24(25)18-8-4-3-5-9-18/h3-15,21,25H,1-2H3. The maximum atomic E-state index is 8.83. The molecule has 1 heteroatoms. The molecule has 1 atom stereocenters. The van der Waals surface area contributed by atoms with Gasteiger partial charge in [0.15, 0.2) is 0 Å². The maximum Gasteiger partial charge on any atom is 0.0687 e. The first-order chi connectivity index (χ1) is 12.1. The van der Waals surface area contributed by atoms with Crippen LogP contribution >= 0.6 is 0 Å². The van der Waals surface area contributed by atoms with E-state index in [2.05, 4.69) is 62.4 Å². The Labute approximate surface area is 148 Å². The Balaban J connectivity index is 1.94. The second kappa shape index (κ2) is 6.18. The molecule has 0 amide bonds. The fourth-order valence-corrected chi connectivity index (χ4v) is 3.59. The molecule has 3 aromatic carbocycles. The van der Waals surface area contributed by atoms with Gasteiger partial charge in [-0.25, -0.2) is 0 Å². The minimum atomic E-state index is 0.253. The lowest BCUT2D eigenvalue weighted by atomic mass is 9.85. The predicted octanol–water partition coefficient (Wildman–Crippen LogP) is 6.25. The molecule has 1 aliphatic rings. The van der Waals surface area contributed by atoms with E-state index in [1.165, 1.54) is 27.5 Å². The summed E-state index contributed by atoms with van der Waals surface area (Å²) in [6.07, 6.45) is 4.46. The van der Waals surface area contributed by atoms with Crippen molar-refractivity contribution in [3.8, 4) is 0 Å². The SMILES string of the molecule is CC1=C(C)C(c2cc3ccccc3cc2C(=N)c2ccccc2)C=C1. The van der Waals surface area contributed by atoms with Gasteiger partial charge in [-0.05, 0) is 42.3 Å². The molecule has 0 aromatic heterocycles. The third kappa shape index (κ3) is 2.72. The largest absolute Gasteiger partial charge is 0.300 e. The van der Waals surface area contributed by atoms with Crippen molar-refractivity contribution < 1.29 is 0 Å². The number of rotatable bonds is 3. The Hall–Kier alpha value is -2.93. The molecule has 0 aliphatic heterocycles. The topological polar surface area (TPSA) is 23.9 Å². The van der Waals surface area contributed by atoms with Crippen molar-refractivity contribution >= 4 is 16.5 Å². The van der Waals surface area contributed by atoms with E-state index in [0.717, 1.165) is 11.1 Å². The molecule has 4 rings (SSSR count). The molecular formula is C24H21N. The van der Waals surface area contributed by atoms with Crippen molar-refractivity contribution in [1.82, 2.24) is 0 Å². The van der Waals surface area contributed by atoms with E-state index in [4.69, 9.17) is 5.41 Å². The Morgan fingerprint density at radius 3 is 2.12 bits per heavy atom. The van der Waals surface area contributed by atoms with Crippen LogP contribution in [0.5, 0.6) is 0 Å². The van der Waals surface area contributed by atoms with E-state index in [1.54, 1.807) is 0 Å². The molecule has 0 fully saturated rings. The lowest BCUT2D eigenvalue weighted by Gasteiger charge is -2.19. The van der Waals surface area contributed by atoms with E-state index in [9.17, 15) is 0 Å². The van der Waals surface area contributed by atoms with Crippen LogP contribution in [0, 0.1) is 5.41 Å². The van der Waals surface area contributed by atoms with Crippen LogP contribution in [0.25, 0.3) is 10.8 Å². The van der Waals surface area contributed by atoms with Crippen LogP contribution in [-0.4, -0.2) is 5.71 Å². The number of hydrogen-bond acceptors (Lipinski definition) is 1. The van der Waals surface area contributed by atoms with Crippen molar-refractivity contribution in [2.45, 2.75) is 19.8 Å². The molecule has 1 aliphatic carbocycles. The Bertz CT molecular complexity index is 1020. The lowest BCUT2D eigenvalue weighted by Crippen LogP contribution is -2.09. The van der Waals surface area contributed by atoms with Crippen molar-refractivity contribution in [2.75, 3.05) is 0 Å². The average molecular weight is 323 g/mol. The van der Waals surface area contributed by atoms with Crippen LogP contribution in [-0.2, 0) is 0 Å². The highest BCUT2D eigenvalue weighted by atomic mass is 14.4. The number of allylic oxidation sites excluding steroid dienone is 4. The van der Waals surface area contributed by atoms with Crippen molar-refractivity contribution in [2.24, 2.45) is 0 Å². The minimum Gasteiger partial charge on any atom is -0.300 e. The predicted molar refractivity (Wildman–Crippen MR) is 107 cm³/mol. The van der Waals surface area contributed by atoms with Crippen molar-refractivity contribution in [3.63, 3.8) is 0 Å². The van der Waals surface area contributed by atoms with Crippen LogP contribution in [0.3, 0.4) is 0 Å². The van der Waals surface area contributed by atoms with Crippen LogP contribution in [0.4, 0.5) is 0 Å². The summed E-state index contributed by atoms with van der Waals surface area (Å²) in [4.78, 5) is 0. The van der Waals surface area contributed by atoms with Crippen LogP contribution in [0.1, 0.15) is 36.5 Å². The van der Waals surface area contributed by atoms with E-state index < -0.39 is 0 Å². The number of benzene rings is 3. The van der Waals surface area contributed by atoms with Crippen LogP contribution < -0.4 is 0 Å². The zero-order valence-corrected chi connectivity index (χ0v) is 14.6. The highest BCUT2D eigenvalue weighted by molar-refractivity contribution is 6.13. The lowest BCUT2D eigenvalue weighted by molar-refractivity contribution is 1.00. The summed E-state index contributed by atoms with van der Waals surface area (Å²) in [5, 5.41) is 11.2. The monoisotopic (exact) mass is 323 g/mol. The summed E-state index contributed by atoms with van der Waals surface area (Å²) in [7, 11) is 0. The molecule has 0 saturated carbocycles. The second-order valence-corrected chi connectivity index (χ2v) is 6.73. The number of fused-ring (bicyclic) bond motifs is 1. The van der Waals surface area contributed by atoms with Gasteiger partial charge in [-0.3, -0.25) is 5.41 Å². The second-order valence-electron chi connectivity index (χ2n) is 6.73. The third-order valence-electron chi connectivity index (χ3n) is 5.21. The van der Waals surface area contributed by atoms with Gasteiger partial charge in [-0.15, -0.1) is 0 Å². The molecule has 0 saturated heterocycles. The van der Waals surface area contributed by atoms with Gasteiger partial charge in [-0.2, -0.15) is 0 Å². The molecule has 0 heterocycles. The molecule has 0 spiro atoms. The van der Waals surface area contributed by atoms with Gasteiger partial charge in [0.05, 0.1) is 5.71 Å². The Morgan fingerprint density at radius 2 is 1.48 bits per heavy atom. The quantitative estimate of drug-likeness (QED) is 0.551. The molecular weight excluding hydrogens is 302 g/mol. The maximum absolute atomic E-state index is 8.83. The molecule has 122 valence electrons. The molecule has 0 radical (unpaired) electrons.